The Hall–Kier alpha value is -1.33. The lowest BCUT2D eigenvalue weighted by Crippen LogP contribution is -2.19. The number of aromatic nitrogens is 3. The van der Waals surface area contributed by atoms with Crippen LogP contribution in [0.3, 0.4) is 0 Å². The second kappa shape index (κ2) is 4.95. The molecule has 0 spiro atoms. The Balaban J connectivity index is 1.90. The number of nitrogens with one attached hydrogen (secondary N) is 1. The minimum Gasteiger partial charge on any atom is -0.303 e. The minimum absolute atomic E-state index is 0.230. The van der Waals surface area contributed by atoms with Gasteiger partial charge in [0.2, 0.25) is 0 Å². The zero-order chi connectivity index (χ0) is 10.5. The number of nitrogens with zero attached hydrogens (tertiary/aromatic N) is 3. The molecule has 2 aromatic heterocycles. The van der Waals surface area contributed by atoms with Crippen molar-refractivity contribution in [3.8, 4) is 0 Å². The van der Waals surface area contributed by atoms with Crippen LogP contribution in [0.25, 0.3) is 0 Å². The van der Waals surface area contributed by atoms with Crippen molar-refractivity contribution in [2.45, 2.75) is 19.5 Å². The van der Waals surface area contributed by atoms with Crippen LogP contribution in [-0.4, -0.2) is 14.6 Å². The Morgan fingerprint density at radius 1 is 1.47 bits per heavy atom. The SMILES string of the molecule is CC(NCc1csnn1)c1ccccn1. The van der Waals surface area contributed by atoms with Crippen molar-refractivity contribution in [3.63, 3.8) is 0 Å². The normalized spacial score (nSPS) is 12.6. The summed E-state index contributed by atoms with van der Waals surface area (Å²) in [7, 11) is 0. The summed E-state index contributed by atoms with van der Waals surface area (Å²) in [6, 6.07) is 6.15. The van der Waals surface area contributed by atoms with Crippen LogP contribution in [0.1, 0.15) is 24.4 Å². The molecule has 0 aliphatic carbocycles. The van der Waals surface area contributed by atoms with Gasteiger partial charge < -0.3 is 5.32 Å². The molecule has 15 heavy (non-hydrogen) atoms. The molecule has 78 valence electrons. The largest absolute Gasteiger partial charge is 0.303 e. The lowest BCUT2D eigenvalue weighted by Gasteiger charge is -2.11. The monoisotopic (exact) mass is 220 g/mol. The zero-order valence-electron chi connectivity index (χ0n) is 8.42. The fraction of sp³-hybridized carbons (Fsp3) is 0.300. The Labute approximate surface area is 92.5 Å². The van der Waals surface area contributed by atoms with E-state index in [0.29, 0.717) is 0 Å². The van der Waals surface area contributed by atoms with E-state index in [1.54, 1.807) is 6.20 Å². The minimum atomic E-state index is 0.230. The molecular weight excluding hydrogens is 208 g/mol. The first-order valence-corrected chi connectivity index (χ1v) is 5.60. The molecule has 2 heterocycles. The second-order valence-electron chi connectivity index (χ2n) is 3.25. The number of hydrogen-bond acceptors (Lipinski definition) is 5. The van der Waals surface area contributed by atoms with E-state index in [-0.39, 0.29) is 6.04 Å². The third kappa shape index (κ3) is 2.81. The van der Waals surface area contributed by atoms with Crippen LogP contribution < -0.4 is 5.32 Å². The van der Waals surface area contributed by atoms with Crippen LogP contribution in [0.4, 0.5) is 0 Å². The summed E-state index contributed by atoms with van der Waals surface area (Å²) < 4.78 is 3.81. The Bertz CT molecular complexity index is 387. The predicted molar refractivity (Wildman–Crippen MR) is 59.4 cm³/mol. The van der Waals surface area contributed by atoms with Gasteiger partial charge in [0, 0.05) is 24.2 Å². The highest BCUT2D eigenvalue weighted by Gasteiger charge is 2.05. The van der Waals surface area contributed by atoms with E-state index in [9.17, 15) is 0 Å². The van der Waals surface area contributed by atoms with Gasteiger partial charge in [0.05, 0.1) is 11.4 Å². The summed E-state index contributed by atoms with van der Waals surface area (Å²) in [6.07, 6.45) is 1.80. The molecule has 1 atom stereocenters. The molecule has 0 radical (unpaired) electrons. The van der Waals surface area contributed by atoms with Crippen LogP contribution in [0, 0.1) is 0 Å². The Kier molecular flexibility index (Phi) is 3.37. The fourth-order valence-corrected chi connectivity index (χ4v) is 1.71. The first-order chi connectivity index (χ1) is 7.36. The van der Waals surface area contributed by atoms with Crippen molar-refractivity contribution in [1.82, 2.24) is 19.9 Å². The lowest BCUT2D eigenvalue weighted by atomic mass is 10.2. The van der Waals surface area contributed by atoms with Crippen LogP contribution in [0.5, 0.6) is 0 Å². The van der Waals surface area contributed by atoms with Crippen molar-refractivity contribution in [3.05, 3.63) is 41.2 Å². The molecule has 2 rings (SSSR count). The summed E-state index contributed by atoms with van der Waals surface area (Å²) in [4.78, 5) is 4.28. The molecular formula is C10H12N4S. The summed E-state index contributed by atoms with van der Waals surface area (Å²) in [6.45, 7) is 2.82. The van der Waals surface area contributed by atoms with E-state index in [0.717, 1.165) is 17.9 Å². The maximum absolute atomic E-state index is 4.28. The summed E-state index contributed by atoms with van der Waals surface area (Å²) in [5.74, 6) is 0. The quantitative estimate of drug-likeness (QED) is 0.853. The average Bonchev–Trinajstić information content (AvgIpc) is 2.80. The average molecular weight is 220 g/mol. The highest BCUT2D eigenvalue weighted by molar-refractivity contribution is 7.03. The molecule has 0 saturated heterocycles. The Morgan fingerprint density at radius 2 is 2.40 bits per heavy atom. The van der Waals surface area contributed by atoms with Gasteiger partial charge in [0.15, 0.2) is 0 Å². The maximum atomic E-state index is 4.28. The second-order valence-corrected chi connectivity index (χ2v) is 3.86. The third-order valence-electron chi connectivity index (χ3n) is 2.13. The number of pyridine rings is 1. The molecule has 0 amide bonds. The van der Waals surface area contributed by atoms with Gasteiger partial charge in [0.25, 0.3) is 0 Å². The van der Waals surface area contributed by atoms with Crippen molar-refractivity contribution in [2.75, 3.05) is 0 Å². The molecule has 0 fully saturated rings. The van der Waals surface area contributed by atoms with Crippen LogP contribution in [0.2, 0.25) is 0 Å². The van der Waals surface area contributed by atoms with Gasteiger partial charge in [-0.2, -0.15) is 0 Å². The van der Waals surface area contributed by atoms with Gasteiger partial charge in [-0.15, -0.1) is 5.10 Å². The van der Waals surface area contributed by atoms with Crippen molar-refractivity contribution >= 4 is 11.5 Å². The first kappa shape index (κ1) is 10.2. The fourth-order valence-electron chi connectivity index (χ4n) is 1.26. The predicted octanol–water partition coefficient (Wildman–Crippen LogP) is 1.78. The molecule has 4 nitrogen and oxygen atoms in total. The molecule has 2 aromatic rings. The standard InChI is InChI=1S/C10H12N4S/c1-8(10-4-2-3-5-11-10)12-6-9-7-15-14-13-9/h2-5,7-8,12H,6H2,1H3. The summed E-state index contributed by atoms with van der Waals surface area (Å²) >= 11 is 1.37. The Morgan fingerprint density at radius 3 is 3.07 bits per heavy atom. The summed E-state index contributed by atoms with van der Waals surface area (Å²) in [5, 5.41) is 9.25. The lowest BCUT2D eigenvalue weighted by molar-refractivity contribution is 0.554. The van der Waals surface area contributed by atoms with Gasteiger partial charge in [0.1, 0.15) is 0 Å². The highest BCUT2D eigenvalue weighted by Crippen LogP contribution is 2.08. The third-order valence-corrected chi connectivity index (χ3v) is 2.68. The van der Waals surface area contributed by atoms with Crippen LogP contribution in [0.15, 0.2) is 29.8 Å². The van der Waals surface area contributed by atoms with Gasteiger partial charge in [-0.1, -0.05) is 10.6 Å². The molecule has 0 bridgehead atoms. The molecule has 1 unspecified atom stereocenters. The van der Waals surface area contributed by atoms with Crippen LogP contribution >= 0.6 is 11.5 Å². The molecule has 0 aromatic carbocycles. The first-order valence-electron chi connectivity index (χ1n) is 4.76. The smallest absolute Gasteiger partial charge is 0.0893 e. The van der Waals surface area contributed by atoms with Crippen molar-refractivity contribution in [2.24, 2.45) is 0 Å². The van der Waals surface area contributed by atoms with Gasteiger partial charge in [-0.25, -0.2) is 0 Å². The van der Waals surface area contributed by atoms with Crippen molar-refractivity contribution in [1.29, 1.82) is 0 Å². The van der Waals surface area contributed by atoms with E-state index >= 15 is 0 Å². The van der Waals surface area contributed by atoms with Gasteiger partial charge in [-0.05, 0) is 30.6 Å². The van der Waals surface area contributed by atoms with E-state index in [2.05, 4.69) is 26.8 Å². The highest BCUT2D eigenvalue weighted by atomic mass is 32.1. The maximum Gasteiger partial charge on any atom is 0.0893 e. The van der Waals surface area contributed by atoms with E-state index in [1.165, 1.54) is 11.5 Å². The van der Waals surface area contributed by atoms with E-state index in [1.807, 2.05) is 23.6 Å². The van der Waals surface area contributed by atoms with Gasteiger partial charge in [-0.3, -0.25) is 4.98 Å². The zero-order valence-corrected chi connectivity index (χ0v) is 9.24. The van der Waals surface area contributed by atoms with Gasteiger partial charge >= 0.3 is 0 Å². The topological polar surface area (TPSA) is 50.7 Å². The van der Waals surface area contributed by atoms with E-state index in [4.69, 9.17) is 0 Å². The molecule has 5 heteroatoms. The van der Waals surface area contributed by atoms with Crippen LogP contribution in [-0.2, 0) is 6.54 Å². The molecule has 1 N–H and O–H groups in total. The van der Waals surface area contributed by atoms with Crippen molar-refractivity contribution < 1.29 is 0 Å². The molecule has 0 aliphatic rings. The number of hydrogen-bond donors (Lipinski definition) is 1. The molecule has 0 saturated carbocycles. The number of rotatable bonds is 4. The molecule has 0 aliphatic heterocycles. The van der Waals surface area contributed by atoms with E-state index < -0.39 is 0 Å². The summed E-state index contributed by atoms with van der Waals surface area (Å²) in [5.41, 5.74) is 2.02.